The molecule has 0 aliphatic rings. The largest absolute Gasteiger partial charge is 0.361 e. The lowest BCUT2D eigenvalue weighted by molar-refractivity contribution is -0.137. The van der Waals surface area contributed by atoms with E-state index in [1.807, 2.05) is 41.8 Å². The predicted octanol–water partition coefficient (Wildman–Crippen LogP) is 0.677. The van der Waals surface area contributed by atoms with E-state index >= 15 is 0 Å². The molecular formula is C12H13N3O2. The molecule has 0 atom stereocenters. The van der Waals surface area contributed by atoms with Gasteiger partial charge in [0.15, 0.2) is 0 Å². The number of allylic oxidation sites excluding steroid dienone is 1. The summed E-state index contributed by atoms with van der Waals surface area (Å²) in [6.07, 6.45) is 3.56. The zero-order chi connectivity index (χ0) is 12.7. The molecule has 0 radical (unpaired) electrons. The van der Waals surface area contributed by atoms with Gasteiger partial charge in [0.2, 0.25) is 0 Å². The number of primary amides is 1. The third-order valence-corrected chi connectivity index (χ3v) is 1.87. The van der Waals surface area contributed by atoms with Crippen molar-refractivity contribution in [3.63, 3.8) is 0 Å². The van der Waals surface area contributed by atoms with Crippen molar-refractivity contribution >= 4 is 23.6 Å². The lowest BCUT2D eigenvalue weighted by Gasteiger charge is -1.95. The smallest absolute Gasteiger partial charge is 0.329 e. The van der Waals surface area contributed by atoms with Crippen LogP contribution < -0.4 is 11.2 Å². The van der Waals surface area contributed by atoms with Crippen LogP contribution in [0.3, 0.4) is 0 Å². The van der Waals surface area contributed by atoms with Crippen LogP contribution in [0, 0.1) is 0 Å². The van der Waals surface area contributed by atoms with Gasteiger partial charge in [-0.2, -0.15) is 5.10 Å². The van der Waals surface area contributed by atoms with Crippen molar-refractivity contribution < 1.29 is 9.59 Å². The van der Waals surface area contributed by atoms with Gasteiger partial charge in [-0.05, 0) is 18.6 Å². The average molecular weight is 231 g/mol. The number of hydrogen-bond acceptors (Lipinski definition) is 3. The van der Waals surface area contributed by atoms with Gasteiger partial charge in [0.25, 0.3) is 0 Å². The summed E-state index contributed by atoms with van der Waals surface area (Å²) in [5.41, 5.74) is 8.37. The molecule has 0 heterocycles. The fraction of sp³-hybridized carbons (Fsp3) is 0.0833. The number of hydrazone groups is 1. The summed E-state index contributed by atoms with van der Waals surface area (Å²) in [4.78, 5) is 21.2. The van der Waals surface area contributed by atoms with E-state index in [0.29, 0.717) is 5.71 Å². The highest BCUT2D eigenvalue weighted by molar-refractivity contribution is 6.34. The monoisotopic (exact) mass is 231 g/mol. The maximum atomic E-state index is 10.8. The normalized spacial score (nSPS) is 11.5. The number of carbonyl (C=O) groups is 2. The van der Waals surface area contributed by atoms with Crippen molar-refractivity contribution in [2.24, 2.45) is 10.8 Å². The molecule has 0 aliphatic carbocycles. The SMILES string of the molecule is CC(/C=C/c1ccccc1)=NNC(=O)C(N)=O. The van der Waals surface area contributed by atoms with Crippen LogP contribution in [0.5, 0.6) is 0 Å². The van der Waals surface area contributed by atoms with Gasteiger partial charge in [0.1, 0.15) is 0 Å². The molecule has 0 unspecified atom stereocenters. The highest BCUT2D eigenvalue weighted by Gasteiger charge is 2.05. The van der Waals surface area contributed by atoms with Gasteiger partial charge in [-0.3, -0.25) is 9.59 Å². The topological polar surface area (TPSA) is 84.6 Å². The van der Waals surface area contributed by atoms with Crippen molar-refractivity contribution in [3.05, 3.63) is 42.0 Å². The first-order valence-corrected chi connectivity index (χ1v) is 4.97. The van der Waals surface area contributed by atoms with Crippen LogP contribution in [0.1, 0.15) is 12.5 Å². The Balaban J connectivity index is 2.57. The van der Waals surface area contributed by atoms with Gasteiger partial charge in [-0.15, -0.1) is 0 Å². The third kappa shape index (κ3) is 4.74. The predicted molar refractivity (Wildman–Crippen MR) is 65.9 cm³/mol. The first-order chi connectivity index (χ1) is 8.09. The van der Waals surface area contributed by atoms with E-state index < -0.39 is 11.8 Å². The quantitative estimate of drug-likeness (QED) is 0.455. The number of nitrogens with zero attached hydrogens (tertiary/aromatic N) is 1. The van der Waals surface area contributed by atoms with Crippen LogP contribution in [0.15, 0.2) is 41.5 Å². The van der Waals surface area contributed by atoms with Crippen molar-refractivity contribution in [2.75, 3.05) is 0 Å². The number of hydrogen-bond donors (Lipinski definition) is 2. The summed E-state index contributed by atoms with van der Waals surface area (Å²) in [5, 5.41) is 3.69. The van der Waals surface area contributed by atoms with Crippen molar-refractivity contribution in [2.45, 2.75) is 6.92 Å². The molecule has 5 nitrogen and oxygen atoms in total. The molecule has 0 aliphatic heterocycles. The Morgan fingerprint density at radius 3 is 2.53 bits per heavy atom. The Labute approximate surface area is 99.0 Å². The second kappa shape index (κ2) is 6.22. The summed E-state index contributed by atoms with van der Waals surface area (Å²) in [5.74, 6) is -1.99. The van der Waals surface area contributed by atoms with Crippen LogP contribution in [-0.4, -0.2) is 17.5 Å². The molecule has 0 saturated carbocycles. The minimum absolute atomic E-state index is 0.559. The zero-order valence-corrected chi connectivity index (χ0v) is 9.38. The fourth-order valence-corrected chi connectivity index (χ4v) is 1.01. The molecule has 0 bridgehead atoms. The van der Waals surface area contributed by atoms with E-state index in [9.17, 15) is 9.59 Å². The summed E-state index contributed by atoms with van der Waals surface area (Å²) in [7, 11) is 0. The fourth-order valence-electron chi connectivity index (χ4n) is 1.01. The van der Waals surface area contributed by atoms with Gasteiger partial charge in [-0.1, -0.05) is 36.4 Å². The molecule has 1 aromatic rings. The van der Waals surface area contributed by atoms with Gasteiger partial charge in [-0.25, -0.2) is 5.43 Å². The van der Waals surface area contributed by atoms with Crippen LogP contribution in [0.25, 0.3) is 6.08 Å². The Bertz CT molecular complexity index is 464. The third-order valence-electron chi connectivity index (χ3n) is 1.87. The number of carbonyl (C=O) groups excluding carboxylic acids is 2. The standard InChI is InChI=1S/C12H13N3O2/c1-9(14-15-12(17)11(13)16)7-8-10-5-3-2-4-6-10/h2-8H,1H3,(H2,13,16)(H,15,17)/b8-7+,14-9?. The maximum Gasteiger partial charge on any atom is 0.329 e. The van der Waals surface area contributed by atoms with Gasteiger partial charge in [0.05, 0.1) is 5.71 Å². The van der Waals surface area contributed by atoms with E-state index in [2.05, 4.69) is 5.10 Å². The molecule has 17 heavy (non-hydrogen) atoms. The van der Waals surface area contributed by atoms with E-state index in [0.717, 1.165) is 5.56 Å². The first kappa shape index (κ1) is 12.6. The van der Waals surface area contributed by atoms with Gasteiger partial charge in [0, 0.05) is 0 Å². The first-order valence-electron chi connectivity index (χ1n) is 4.97. The molecule has 0 aromatic heterocycles. The van der Waals surface area contributed by atoms with Crippen molar-refractivity contribution in [3.8, 4) is 0 Å². The molecule has 88 valence electrons. The number of benzene rings is 1. The van der Waals surface area contributed by atoms with Gasteiger partial charge >= 0.3 is 11.8 Å². The van der Waals surface area contributed by atoms with Crippen LogP contribution in [0.4, 0.5) is 0 Å². The molecule has 1 rings (SSSR count). The van der Waals surface area contributed by atoms with E-state index in [4.69, 9.17) is 5.73 Å². The molecule has 0 fully saturated rings. The van der Waals surface area contributed by atoms with E-state index in [1.165, 1.54) is 0 Å². The molecule has 0 saturated heterocycles. The Hall–Kier alpha value is -2.43. The lowest BCUT2D eigenvalue weighted by atomic mass is 10.2. The van der Waals surface area contributed by atoms with Crippen LogP contribution in [0.2, 0.25) is 0 Å². The second-order valence-electron chi connectivity index (χ2n) is 3.30. The van der Waals surface area contributed by atoms with E-state index in [1.54, 1.807) is 13.0 Å². The Morgan fingerprint density at radius 1 is 1.29 bits per heavy atom. The lowest BCUT2D eigenvalue weighted by Crippen LogP contribution is -2.33. The minimum Gasteiger partial charge on any atom is -0.361 e. The van der Waals surface area contributed by atoms with Crippen LogP contribution in [-0.2, 0) is 9.59 Å². The number of rotatable bonds is 3. The molecular weight excluding hydrogens is 218 g/mol. The highest BCUT2D eigenvalue weighted by atomic mass is 16.2. The Morgan fingerprint density at radius 2 is 1.94 bits per heavy atom. The number of nitrogens with one attached hydrogen (secondary N) is 1. The molecule has 3 N–H and O–H groups in total. The van der Waals surface area contributed by atoms with E-state index in [-0.39, 0.29) is 0 Å². The minimum atomic E-state index is -1.06. The number of amides is 2. The number of nitrogens with two attached hydrogens (primary N) is 1. The van der Waals surface area contributed by atoms with Crippen molar-refractivity contribution in [1.29, 1.82) is 0 Å². The molecule has 1 aromatic carbocycles. The zero-order valence-electron chi connectivity index (χ0n) is 9.38. The molecule has 2 amide bonds. The summed E-state index contributed by atoms with van der Waals surface area (Å²) < 4.78 is 0. The van der Waals surface area contributed by atoms with Crippen LogP contribution >= 0.6 is 0 Å². The van der Waals surface area contributed by atoms with Crippen molar-refractivity contribution in [1.82, 2.24) is 5.43 Å². The second-order valence-corrected chi connectivity index (χ2v) is 3.30. The maximum absolute atomic E-state index is 10.8. The summed E-state index contributed by atoms with van der Waals surface area (Å²) in [6, 6.07) is 9.63. The molecule has 0 spiro atoms. The Kier molecular flexibility index (Phi) is 4.62. The average Bonchev–Trinajstić information content (AvgIpc) is 2.34. The summed E-state index contributed by atoms with van der Waals surface area (Å²) >= 11 is 0. The summed E-state index contributed by atoms with van der Waals surface area (Å²) in [6.45, 7) is 1.70. The van der Waals surface area contributed by atoms with Gasteiger partial charge < -0.3 is 5.73 Å². The molecule has 5 heteroatoms. The highest BCUT2D eigenvalue weighted by Crippen LogP contribution is 2.00.